The number of hydrogen-bond donors (Lipinski definition) is 2. The smallest absolute Gasteiger partial charge is 0.251 e. The summed E-state index contributed by atoms with van der Waals surface area (Å²) >= 11 is 5.97. The highest BCUT2D eigenvalue weighted by Gasteiger charge is 2.40. The lowest BCUT2D eigenvalue weighted by atomic mass is 10.0. The predicted molar refractivity (Wildman–Crippen MR) is 113 cm³/mol. The average Bonchev–Trinajstić information content (AvgIpc) is 3.12. The number of carbonyl (C=O) groups excluding carboxylic acids is 2. The Morgan fingerprint density at radius 1 is 1.17 bits per heavy atom. The molecule has 0 aromatic heterocycles. The molecule has 7 heteroatoms. The molecule has 0 radical (unpaired) electrons. The fourth-order valence-corrected chi connectivity index (χ4v) is 3.90. The van der Waals surface area contributed by atoms with Gasteiger partial charge in [-0.15, -0.1) is 0 Å². The van der Waals surface area contributed by atoms with E-state index in [2.05, 4.69) is 10.7 Å². The monoisotopic (exact) mass is 410 g/mol. The van der Waals surface area contributed by atoms with E-state index in [0.29, 0.717) is 11.4 Å². The number of hydrazine groups is 1. The largest absolute Gasteiger partial charge is 0.324 e. The lowest BCUT2D eigenvalue weighted by Gasteiger charge is -2.31. The Bertz CT molecular complexity index is 973. The van der Waals surface area contributed by atoms with Gasteiger partial charge in [0.2, 0.25) is 5.91 Å². The van der Waals surface area contributed by atoms with Crippen molar-refractivity contribution in [3.8, 4) is 0 Å². The summed E-state index contributed by atoms with van der Waals surface area (Å²) in [5, 5.41) is 5.40. The molecule has 2 atom stereocenters. The van der Waals surface area contributed by atoms with Crippen molar-refractivity contribution in [1.82, 2.24) is 15.3 Å². The maximum absolute atomic E-state index is 12.9. The Balaban J connectivity index is 1.40. The zero-order valence-electron chi connectivity index (χ0n) is 16.4. The first-order chi connectivity index (χ1) is 13.9. The van der Waals surface area contributed by atoms with Gasteiger partial charge in [-0.1, -0.05) is 41.4 Å². The number of hydrogen-bond acceptors (Lipinski definition) is 4. The molecule has 2 N–H and O–H groups in total. The Hall–Kier alpha value is -2.83. The Kier molecular flexibility index (Phi) is 5.30. The van der Waals surface area contributed by atoms with Gasteiger partial charge in [-0.2, -0.15) is 0 Å². The van der Waals surface area contributed by atoms with Crippen molar-refractivity contribution in [2.24, 2.45) is 0 Å². The molecule has 2 aromatic carbocycles. The van der Waals surface area contributed by atoms with Crippen LogP contribution in [0.1, 0.15) is 29.2 Å². The first kappa shape index (κ1) is 19.5. The van der Waals surface area contributed by atoms with Crippen LogP contribution in [0.4, 0.5) is 5.69 Å². The van der Waals surface area contributed by atoms with Crippen LogP contribution >= 0.6 is 11.6 Å². The van der Waals surface area contributed by atoms with Crippen molar-refractivity contribution >= 4 is 29.1 Å². The lowest BCUT2D eigenvalue weighted by molar-refractivity contribution is -0.137. The molecule has 1 fully saturated rings. The maximum Gasteiger partial charge on any atom is 0.251 e. The number of anilines is 1. The molecule has 2 amide bonds. The van der Waals surface area contributed by atoms with Gasteiger partial charge in [-0.3, -0.25) is 9.59 Å². The summed E-state index contributed by atoms with van der Waals surface area (Å²) in [6, 6.07) is 13.1. The van der Waals surface area contributed by atoms with Crippen LogP contribution in [-0.2, 0) is 9.59 Å². The first-order valence-electron chi connectivity index (χ1n) is 9.56. The Morgan fingerprint density at radius 3 is 2.66 bits per heavy atom. The number of halogens is 1. The molecule has 6 nitrogen and oxygen atoms in total. The highest BCUT2D eigenvalue weighted by atomic mass is 35.5. The quantitative estimate of drug-likeness (QED) is 0.809. The summed E-state index contributed by atoms with van der Waals surface area (Å²) < 4.78 is 0. The minimum Gasteiger partial charge on any atom is -0.324 e. The number of aryl methyl sites for hydroxylation is 2. The molecule has 150 valence electrons. The standard InChI is InChI=1S/C22H23ClN4O2/c1-14-3-8-18(15(2)11-14)24-21(28)13-26-9-10-27-20(22(26)29)12-19(25-27)16-4-6-17(23)7-5-16/h3-11,19-20,25H,12-13H2,1-2H3,(H,24,28). The van der Waals surface area contributed by atoms with Gasteiger partial charge in [-0.25, -0.2) is 5.43 Å². The van der Waals surface area contributed by atoms with Gasteiger partial charge < -0.3 is 15.2 Å². The van der Waals surface area contributed by atoms with Crippen LogP contribution in [0, 0.1) is 13.8 Å². The maximum atomic E-state index is 12.9. The van der Waals surface area contributed by atoms with Gasteiger partial charge in [-0.05, 0) is 49.6 Å². The molecule has 4 rings (SSSR count). The van der Waals surface area contributed by atoms with E-state index in [4.69, 9.17) is 11.6 Å². The number of rotatable bonds is 4. The van der Waals surface area contributed by atoms with E-state index in [1.807, 2.05) is 67.5 Å². The highest BCUT2D eigenvalue weighted by Crippen LogP contribution is 2.31. The second-order valence-electron chi connectivity index (χ2n) is 7.52. The van der Waals surface area contributed by atoms with Crippen LogP contribution in [0.2, 0.25) is 5.02 Å². The first-order valence-corrected chi connectivity index (χ1v) is 9.94. The minimum atomic E-state index is -0.338. The molecule has 2 heterocycles. The molecule has 0 saturated carbocycles. The van der Waals surface area contributed by atoms with E-state index in [0.717, 1.165) is 22.4 Å². The topological polar surface area (TPSA) is 64.7 Å². The SMILES string of the molecule is Cc1ccc(NC(=O)CN2C=CN3NC(c4ccc(Cl)cc4)CC3C2=O)c(C)c1. The van der Waals surface area contributed by atoms with E-state index >= 15 is 0 Å². The summed E-state index contributed by atoms with van der Waals surface area (Å²) in [4.78, 5) is 26.9. The molecular weight excluding hydrogens is 388 g/mol. The zero-order chi connectivity index (χ0) is 20.5. The third-order valence-corrected chi connectivity index (χ3v) is 5.57. The number of fused-ring (bicyclic) bond motifs is 1. The zero-order valence-corrected chi connectivity index (χ0v) is 17.1. The molecule has 2 aliphatic heterocycles. The van der Waals surface area contributed by atoms with Crippen LogP contribution in [0.25, 0.3) is 0 Å². The second kappa shape index (κ2) is 7.89. The van der Waals surface area contributed by atoms with Crippen molar-refractivity contribution < 1.29 is 9.59 Å². The van der Waals surface area contributed by atoms with Crippen LogP contribution < -0.4 is 10.7 Å². The fraction of sp³-hybridized carbons (Fsp3) is 0.273. The summed E-state index contributed by atoms with van der Waals surface area (Å²) in [5.41, 5.74) is 7.31. The van der Waals surface area contributed by atoms with Crippen molar-refractivity contribution in [2.75, 3.05) is 11.9 Å². The third kappa shape index (κ3) is 4.13. The number of amides is 2. The van der Waals surface area contributed by atoms with E-state index in [1.54, 1.807) is 6.20 Å². The summed E-state index contributed by atoms with van der Waals surface area (Å²) in [6.45, 7) is 3.95. The predicted octanol–water partition coefficient (Wildman–Crippen LogP) is 3.53. The van der Waals surface area contributed by atoms with Gasteiger partial charge in [0.05, 0.1) is 6.04 Å². The van der Waals surface area contributed by atoms with Gasteiger partial charge in [0, 0.05) is 23.1 Å². The number of carbonyl (C=O) groups is 2. The molecule has 0 aliphatic carbocycles. The second-order valence-corrected chi connectivity index (χ2v) is 7.96. The highest BCUT2D eigenvalue weighted by molar-refractivity contribution is 6.30. The average molecular weight is 411 g/mol. The molecule has 2 aliphatic rings. The van der Waals surface area contributed by atoms with Crippen molar-refractivity contribution in [1.29, 1.82) is 0 Å². The fourth-order valence-electron chi connectivity index (χ4n) is 3.78. The molecular formula is C22H23ClN4O2. The van der Waals surface area contributed by atoms with Gasteiger partial charge in [0.25, 0.3) is 5.91 Å². The molecule has 0 spiro atoms. The Morgan fingerprint density at radius 2 is 1.93 bits per heavy atom. The van der Waals surface area contributed by atoms with Crippen molar-refractivity contribution in [3.05, 3.63) is 76.6 Å². The molecule has 1 saturated heterocycles. The molecule has 0 bridgehead atoms. The number of nitrogens with one attached hydrogen (secondary N) is 2. The van der Waals surface area contributed by atoms with Crippen LogP contribution in [0.15, 0.2) is 54.9 Å². The third-order valence-electron chi connectivity index (χ3n) is 5.32. The molecule has 29 heavy (non-hydrogen) atoms. The number of nitrogens with zero attached hydrogens (tertiary/aromatic N) is 2. The van der Waals surface area contributed by atoms with Gasteiger partial charge in [0.1, 0.15) is 12.6 Å². The van der Waals surface area contributed by atoms with Crippen LogP contribution in [-0.4, -0.2) is 34.3 Å². The summed E-state index contributed by atoms with van der Waals surface area (Å²) in [6.07, 6.45) is 4.09. The minimum absolute atomic E-state index is 0.0153. The lowest BCUT2D eigenvalue weighted by Crippen LogP contribution is -2.49. The summed E-state index contributed by atoms with van der Waals surface area (Å²) in [5.74, 6) is -0.309. The summed E-state index contributed by atoms with van der Waals surface area (Å²) in [7, 11) is 0. The van der Waals surface area contributed by atoms with Gasteiger partial charge >= 0.3 is 0 Å². The molecule has 2 aromatic rings. The Labute approximate surface area is 175 Å². The van der Waals surface area contributed by atoms with E-state index in [9.17, 15) is 9.59 Å². The van der Waals surface area contributed by atoms with Crippen molar-refractivity contribution in [2.45, 2.75) is 32.4 Å². The van der Waals surface area contributed by atoms with E-state index in [1.165, 1.54) is 4.90 Å². The van der Waals surface area contributed by atoms with Crippen LogP contribution in [0.5, 0.6) is 0 Å². The molecule has 2 unspecified atom stereocenters. The van der Waals surface area contributed by atoms with E-state index in [-0.39, 0.29) is 30.4 Å². The van der Waals surface area contributed by atoms with Crippen molar-refractivity contribution in [3.63, 3.8) is 0 Å². The normalized spacial score (nSPS) is 20.7. The number of benzene rings is 2. The van der Waals surface area contributed by atoms with E-state index < -0.39 is 0 Å². The van der Waals surface area contributed by atoms with Crippen LogP contribution in [0.3, 0.4) is 0 Å². The van der Waals surface area contributed by atoms with Gasteiger partial charge in [0.15, 0.2) is 0 Å².